The van der Waals surface area contributed by atoms with Crippen LogP contribution in [0.5, 0.6) is 0 Å². The lowest BCUT2D eigenvalue weighted by atomic mass is 10.1. The molecule has 3 aromatic rings. The molecule has 0 amide bonds. The van der Waals surface area contributed by atoms with Crippen LogP contribution in [0.15, 0.2) is 24.5 Å². The van der Waals surface area contributed by atoms with Crippen LogP contribution in [0.1, 0.15) is 11.1 Å². The van der Waals surface area contributed by atoms with Gasteiger partial charge in [0.2, 0.25) is 0 Å². The molecule has 0 saturated heterocycles. The average Bonchev–Trinajstić information content (AvgIpc) is 2.92. The Balaban J connectivity index is 2.29. The molecule has 0 unspecified atom stereocenters. The van der Waals surface area contributed by atoms with Crippen LogP contribution < -0.4 is 5.32 Å². The second-order valence-corrected chi connectivity index (χ2v) is 4.44. The van der Waals surface area contributed by atoms with E-state index in [4.69, 9.17) is 0 Å². The predicted molar refractivity (Wildman–Crippen MR) is 73.5 cm³/mol. The lowest BCUT2D eigenvalue weighted by Crippen LogP contribution is -2.01. The number of benzene rings is 1. The van der Waals surface area contributed by atoms with Crippen LogP contribution in [0, 0.1) is 13.8 Å². The van der Waals surface area contributed by atoms with Crippen molar-refractivity contribution in [2.45, 2.75) is 13.8 Å². The van der Waals surface area contributed by atoms with E-state index in [1.54, 1.807) is 11.0 Å². The molecule has 0 bridgehead atoms. The zero-order valence-electron chi connectivity index (χ0n) is 11.0. The second kappa shape index (κ2) is 4.31. The number of nitrogens with zero attached hydrogens (tertiary/aromatic N) is 5. The molecule has 0 atom stereocenters. The van der Waals surface area contributed by atoms with Gasteiger partial charge in [0.15, 0.2) is 0 Å². The van der Waals surface area contributed by atoms with Gasteiger partial charge in [-0.3, -0.25) is 0 Å². The van der Waals surface area contributed by atoms with Crippen LogP contribution in [0.2, 0.25) is 0 Å². The standard InChI is InChI=1S/C13H14N6/c1-8-6-10-4-5-11(19-7-15-17-18-19)9(2)12(10)16-13(8)14-3/h4-7H,1-3H3,(H,14,16). The third kappa shape index (κ3) is 1.81. The Morgan fingerprint density at radius 1 is 1.21 bits per heavy atom. The summed E-state index contributed by atoms with van der Waals surface area (Å²) in [7, 11) is 1.88. The number of hydrogen-bond donors (Lipinski definition) is 1. The number of tetrazole rings is 1. The van der Waals surface area contributed by atoms with Crippen molar-refractivity contribution in [3.63, 3.8) is 0 Å². The molecule has 3 rings (SSSR count). The highest BCUT2D eigenvalue weighted by Gasteiger charge is 2.09. The van der Waals surface area contributed by atoms with Crippen molar-refractivity contribution in [3.8, 4) is 5.69 Å². The Kier molecular flexibility index (Phi) is 2.63. The summed E-state index contributed by atoms with van der Waals surface area (Å²) in [6.45, 7) is 4.07. The Hall–Kier alpha value is -2.50. The van der Waals surface area contributed by atoms with Crippen LogP contribution in [-0.4, -0.2) is 32.2 Å². The summed E-state index contributed by atoms with van der Waals surface area (Å²) in [5, 5.41) is 15.5. The largest absolute Gasteiger partial charge is 0.373 e. The molecule has 0 fully saturated rings. The fourth-order valence-corrected chi connectivity index (χ4v) is 2.25. The summed E-state index contributed by atoms with van der Waals surface area (Å²) in [6.07, 6.45) is 1.58. The van der Waals surface area contributed by atoms with Gasteiger partial charge in [-0.05, 0) is 42.0 Å². The van der Waals surface area contributed by atoms with Crippen molar-refractivity contribution < 1.29 is 0 Å². The quantitative estimate of drug-likeness (QED) is 0.756. The molecule has 96 valence electrons. The summed E-state index contributed by atoms with van der Waals surface area (Å²) in [5.74, 6) is 0.893. The first-order chi connectivity index (χ1) is 9.20. The van der Waals surface area contributed by atoms with Crippen molar-refractivity contribution in [1.82, 2.24) is 25.2 Å². The van der Waals surface area contributed by atoms with Gasteiger partial charge < -0.3 is 5.32 Å². The smallest absolute Gasteiger partial charge is 0.143 e. The van der Waals surface area contributed by atoms with E-state index in [1.165, 1.54) is 0 Å². The SMILES string of the molecule is CNc1nc2c(C)c(-n3cnnn3)ccc2cc1C. The maximum absolute atomic E-state index is 4.67. The van der Waals surface area contributed by atoms with Crippen molar-refractivity contribution in [2.75, 3.05) is 12.4 Å². The highest BCUT2D eigenvalue weighted by Crippen LogP contribution is 2.25. The minimum absolute atomic E-state index is 0.893. The first-order valence-corrected chi connectivity index (χ1v) is 6.03. The summed E-state index contributed by atoms with van der Waals surface area (Å²) >= 11 is 0. The summed E-state index contributed by atoms with van der Waals surface area (Å²) < 4.78 is 1.65. The van der Waals surface area contributed by atoms with E-state index in [1.807, 2.05) is 33.0 Å². The normalized spacial score (nSPS) is 10.9. The van der Waals surface area contributed by atoms with Crippen LogP contribution in [0.3, 0.4) is 0 Å². The number of fused-ring (bicyclic) bond motifs is 1. The fourth-order valence-electron chi connectivity index (χ4n) is 2.25. The number of anilines is 1. The predicted octanol–water partition coefficient (Wildman–Crippen LogP) is 1.87. The van der Waals surface area contributed by atoms with Gasteiger partial charge in [0, 0.05) is 18.0 Å². The number of aryl methyl sites for hydroxylation is 2. The van der Waals surface area contributed by atoms with Crippen molar-refractivity contribution in [1.29, 1.82) is 0 Å². The van der Waals surface area contributed by atoms with E-state index >= 15 is 0 Å². The molecule has 2 aromatic heterocycles. The molecule has 6 nitrogen and oxygen atoms in total. The molecule has 0 aliphatic heterocycles. The zero-order chi connectivity index (χ0) is 13.4. The molecule has 2 heterocycles. The molecular formula is C13H14N6. The van der Waals surface area contributed by atoms with E-state index < -0.39 is 0 Å². The zero-order valence-corrected chi connectivity index (χ0v) is 11.0. The van der Waals surface area contributed by atoms with E-state index in [2.05, 4.69) is 31.9 Å². The number of rotatable bonds is 2. The molecule has 19 heavy (non-hydrogen) atoms. The Morgan fingerprint density at radius 2 is 2.05 bits per heavy atom. The van der Waals surface area contributed by atoms with Crippen molar-refractivity contribution >= 4 is 16.7 Å². The summed E-state index contributed by atoms with van der Waals surface area (Å²) in [4.78, 5) is 4.67. The highest BCUT2D eigenvalue weighted by molar-refractivity contribution is 5.87. The molecule has 0 radical (unpaired) electrons. The van der Waals surface area contributed by atoms with Gasteiger partial charge in [-0.25, -0.2) is 9.67 Å². The van der Waals surface area contributed by atoms with Gasteiger partial charge in [-0.15, -0.1) is 5.10 Å². The van der Waals surface area contributed by atoms with Crippen LogP contribution in [0.4, 0.5) is 5.82 Å². The summed E-state index contributed by atoms with van der Waals surface area (Å²) in [5.41, 5.74) is 4.09. The average molecular weight is 254 g/mol. The first kappa shape index (κ1) is 11.6. The fraction of sp³-hybridized carbons (Fsp3) is 0.231. The molecule has 0 aliphatic rings. The van der Waals surface area contributed by atoms with Crippen LogP contribution in [0.25, 0.3) is 16.6 Å². The first-order valence-electron chi connectivity index (χ1n) is 6.03. The third-order valence-electron chi connectivity index (χ3n) is 3.24. The lowest BCUT2D eigenvalue weighted by molar-refractivity contribution is 0.786. The molecule has 0 spiro atoms. The number of hydrogen-bond acceptors (Lipinski definition) is 5. The van der Waals surface area contributed by atoms with E-state index in [0.717, 1.165) is 33.5 Å². The lowest BCUT2D eigenvalue weighted by Gasteiger charge is -2.11. The third-order valence-corrected chi connectivity index (χ3v) is 3.24. The highest BCUT2D eigenvalue weighted by atomic mass is 15.5. The Labute approximate surface area is 110 Å². The Morgan fingerprint density at radius 3 is 2.74 bits per heavy atom. The monoisotopic (exact) mass is 254 g/mol. The van der Waals surface area contributed by atoms with Gasteiger partial charge in [-0.1, -0.05) is 6.07 Å². The molecule has 0 aliphatic carbocycles. The van der Waals surface area contributed by atoms with Gasteiger partial charge >= 0.3 is 0 Å². The van der Waals surface area contributed by atoms with Gasteiger partial charge in [0.25, 0.3) is 0 Å². The minimum atomic E-state index is 0.893. The number of pyridine rings is 1. The maximum atomic E-state index is 4.67. The minimum Gasteiger partial charge on any atom is -0.373 e. The van der Waals surface area contributed by atoms with Crippen molar-refractivity contribution in [3.05, 3.63) is 35.7 Å². The van der Waals surface area contributed by atoms with E-state index in [0.29, 0.717) is 0 Å². The number of aromatic nitrogens is 5. The van der Waals surface area contributed by atoms with Gasteiger partial charge in [0.05, 0.1) is 11.2 Å². The van der Waals surface area contributed by atoms with Crippen LogP contribution >= 0.6 is 0 Å². The molecule has 1 aromatic carbocycles. The van der Waals surface area contributed by atoms with Gasteiger partial charge in [-0.2, -0.15) is 0 Å². The maximum Gasteiger partial charge on any atom is 0.143 e. The molecule has 6 heteroatoms. The van der Waals surface area contributed by atoms with E-state index in [9.17, 15) is 0 Å². The molecule has 1 N–H and O–H groups in total. The Bertz CT molecular complexity index is 732. The van der Waals surface area contributed by atoms with Crippen molar-refractivity contribution in [2.24, 2.45) is 0 Å². The molecular weight excluding hydrogens is 240 g/mol. The van der Waals surface area contributed by atoms with E-state index in [-0.39, 0.29) is 0 Å². The molecule has 0 saturated carbocycles. The van der Waals surface area contributed by atoms with Crippen LogP contribution in [-0.2, 0) is 0 Å². The van der Waals surface area contributed by atoms with Gasteiger partial charge in [0.1, 0.15) is 12.1 Å². The number of nitrogens with one attached hydrogen (secondary N) is 1. The topological polar surface area (TPSA) is 68.5 Å². The summed E-state index contributed by atoms with van der Waals surface area (Å²) in [6, 6.07) is 6.18. The second-order valence-electron chi connectivity index (χ2n) is 4.44.